The molecule has 0 bridgehead atoms. The van der Waals surface area contributed by atoms with Gasteiger partial charge in [0, 0.05) is 57.1 Å². The molecular weight excluding hydrogens is 1110 g/mol. The Hall–Kier alpha value is -11.2. The van der Waals surface area contributed by atoms with Gasteiger partial charge in [0.1, 0.15) is 64.7 Å². The Morgan fingerprint density at radius 1 is 0.268 bits per heavy atom. The summed E-state index contributed by atoms with van der Waals surface area (Å²) in [4.78, 5) is 0. The lowest BCUT2D eigenvalue weighted by Crippen LogP contribution is -2.25. The lowest BCUT2D eigenvalue weighted by molar-refractivity contribution is 0.402. The van der Waals surface area contributed by atoms with Gasteiger partial charge in [0.25, 0.3) is 0 Å². The molecule has 0 saturated heterocycles. The Balaban J connectivity index is 1.62. The molecule has 82 heavy (non-hydrogen) atoms. The molecule has 0 saturated carbocycles. The minimum Gasteiger partial charge on any atom is -0.203 e. The van der Waals surface area contributed by atoms with E-state index in [2.05, 4.69) is 0 Å². The Labute approximate surface area is 448 Å². The van der Waals surface area contributed by atoms with E-state index in [0.29, 0.717) is 0 Å². The largest absolute Gasteiger partial charge is 0.203 e. The molecule has 0 amide bonds. The van der Waals surface area contributed by atoms with E-state index in [4.69, 9.17) is 0 Å². The van der Waals surface area contributed by atoms with Gasteiger partial charge in [-0.2, -0.15) is 42.1 Å². The van der Waals surface area contributed by atoms with Gasteiger partial charge in [-0.3, -0.25) is 0 Å². The first-order valence-corrected chi connectivity index (χ1v) is 22.6. The fourth-order valence-electron chi connectivity index (χ4n) is 10.8. The molecule has 398 valence electrons. The van der Waals surface area contributed by atoms with Gasteiger partial charge in [-0.05, 0) is 33.4 Å². The predicted molar refractivity (Wildman–Crippen MR) is 247 cm³/mol. The van der Waals surface area contributed by atoms with Crippen molar-refractivity contribution in [1.29, 1.82) is 42.1 Å². The summed E-state index contributed by atoms with van der Waals surface area (Å²) in [7, 11) is 0. The van der Waals surface area contributed by atoms with Gasteiger partial charge >= 0.3 is 0 Å². The number of halogens is 16. The summed E-state index contributed by atoms with van der Waals surface area (Å²) in [5.41, 5.74) is -30.5. The molecule has 7 aromatic rings. The molecule has 7 aromatic carbocycles. The zero-order valence-corrected chi connectivity index (χ0v) is 39.7. The number of hydrogen-bond acceptors (Lipinski definition) is 8. The number of nitrogens with zero attached hydrogens (tertiary/aromatic N) is 8. The molecule has 9 rings (SSSR count). The van der Waals surface area contributed by atoms with Crippen molar-refractivity contribution in [3.63, 3.8) is 0 Å². The molecular formula is C58H14F16N8. The lowest BCUT2D eigenvalue weighted by atomic mass is 9.68. The first kappa shape index (κ1) is 55.6. The number of allylic oxidation sites excluding steroid dienone is 4. The standard InChI is InChI=1S/C58H14F16N8/c59-43-25(15-79)44(60)52(68)39(51(43)67)37(40-53(69)45(61)26(16-80)46(62)54(40)70)35-29(19-7-3-1-4-8-19)21(11-75)31-23(13-77)32-22(12-76)30(20-9-5-2-6-10-20)36(34(32)24(14-78)33(31)35)38(41-55(71)47(63)27(17-81)48(64)56(41)72)42-57(73)49(65)28(18-82)50(66)58(42)74/h1-10,35-38H. The fourth-order valence-corrected chi connectivity index (χ4v) is 10.8. The summed E-state index contributed by atoms with van der Waals surface area (Å²) < 4.78 is 265. The van der Waals surface area contributed by atoms with Crippen molar-refractivity contribution in [2.24, 2.45) is 0 Å². The van der Waals surface area contributed by atoms with Gasteiger partial charge in [0.05, 0.1) is 28.3 Å². The first-order chi connectivity index (χ1) is 39.1. The molecule has 2 aliphatic carbocycles. The second kappa shape index (κ2) is 20.6. The summed E-state index contributed by atoms with van der Waals surface area (Å²) >= 11 is 0. The summed E-state index contributed by atoms with van der Waals surface area (Å²) in [6.07, 6.45) is 0. The van der Waals surface area contributed by atoms with Gasteiger partial charge in [-0.1, -0.05) is 60.7 Å². The summed E-state index contributed by atoms with van der Waals surface area (Å²) in [6.45, 7) is 0. The van der Waals surface area contributed by atoms with Gasteiger partial charge in [-0.25, -0.2) is 70.2 Å². The molecule has 0 radical (unpaired) electrons. The van der Waals surface area contributed by atoms with E-state index >= 15 is 70.2 Å². The maximum Gasteiger partial charge on any atom is 0.180 e. The normalized spacial score (nSPS) is 14.1. The Bertz CT molecular complexity index is 3990. The van der Waals surface area contributed by atoms with Crippen LogP contribution in [-0.2, 0) is 0 Å². The molecule has 0 spiro atoms. The highest BCUT2D eigenvalue weighted by atomic mass is 19.2. The van der Waals surface area contributed by atoms with Crippen LogP contribution < -0.4 is 0 Å². The molecule has 2 atom stereocenters. The number of benzene rings is 7. The van der Waals surface area contributed by atoms with Crippen LogP contribution in [0.3, 0.4) is 0 Å². The van der Waals surface area contributed by atoms with Crippen LogP contribution in [-0.4, -0.2) is 0 Å². The van der Waals surface area contributed by atoms with Crippen LogP contribution in [0.1, 0.15) is 113 Å². The van der Waals surface area contributed by atoms with Crippen LogP contribution >= 0.6 is 0 Å². The molecule has 8 nitrogen and oxygen atoms in total. The molecule has 0 aromatic heterocycles. The molecule has 0 N–H and O–H groups in total. The molecule has 0 aliphatic heterocycles. The van der Waals surface area contributed by atoms with Crippen LogP contribution in [0, 0.1) is 184 Å². The third kappa shape index (κ3) is 7.55. The average Bonchev–Trinajstić information content (AvgIpc) is 2.72. The van der Waals surface area contributed by atoms with Gasteiger partial charge in [-0.15, -0.1) is 0 Å². The van der Waals surface area contributed by atoms with E-state index < -0.39 is 228 Å². The highest BCUT2D eigenvalue weighted by molar-refractivity contribution is 6.13. The van der Waals surface area contributed by atoms with E-state index in [1.807, 2.05) is 0 Å². The zero-order chi connectivity index (χ0) is 59.8. The zero-order valence-electron chi connectivity index (χ0n) is 39.7. The third-order valence-electron chi connectivity index (χ3n) is 14.0. The Morgan fingerprint density at radius 3 is 0.683 bits per heavy atom. The van der Waals surface area contributed by atoms with E-state index in [1.165, 1.54) is 18.2 Å². The minimum atomic E-state index is -3.59. The first-order valence-electron chi connectivity index (χ1n) is 22.6. The van der Waals surface area contributed by atoms with E-state index in [1.54, 1.807) is 18.2 Å². The second-order valence-corrected chi connectivity index (χ2v) is 17.6. The van der Waals surface area contributed by atoms with Crippen LogP contribution in [0.2, 0.25) is 0 Å². The monoisotopic (exact) mass is 1130 g/mol. The van der Waals surface area contributed by atoms with E-state index in [-0.39, 0.29) is 0 Å². The summed E-state index contributed by atoms with van der Waals surface area (Å²) in [5.74, 6) is -57.0. The van der Waals surface area contributed by atoms with Crippen molar-refractivity contribution in [2.75, 3.05) is 0 Å². The smallest absolute Gasteiger partial charge is 0.180 e. The van der Waals surface area contributed by atoms with Crippen molar-refractivity contribution in [2.45, 2.75) is 23.7 Å². The van der Waals surface area contributed by atoms with E-state index in [9.17, 15) is 42.1 Å². The van der Waals surface area contributed by atoms with Crippen LogP contribution in [0.5, 0.6) is 0 Å². The second-order valence-electron chi connectivity index (χ2n) is 17.6. The topological polar surface area (TPSA) is 190 Å². The number of hydrogen-bond donors (Lipinski definition) is 0. The van der Waals surface area contributed by atoms with Crippen LogP contribution in [0.25, 0.3) is 22.3 Å². The van der Waals surface area contributed by atoms with Crippen LogP contribution in [0.4, 0.5) is 70.2 Å². The van der Waals surface area contributed by atoms with Crippen molar-refractivity contribution in [3.05, 3.63) is 243 Å². The third-order valence-corrected chi connectivity index (χ3v) is 14.0. The van der Waals surface area contributed by atoms with Gasteiger partial charge in [0.15, 0.2) is 93.1 Å². The Morgan fingerprint density at radius 2 is 0.488 bits per heavy atom. The van der Waals surface area contributed by atoms with Crippen molar-refractivity contribution in [3.8, 4) is 48.6 Å². The highest BCUT2D eigenvalue weighted by Crippen LogP contribution is 2.65. The molecule has 0 fully saturated rings. The maximum absolute atomic E-state index is 17.0. The van der Waals surface area contributed by atoms with Gasteiger partial charge < -0.3 is 0 Å². The lowest BCUT2D eigenvalue weighted by Gasteiger charge is -2.33. The molecule has 2 unspecified atom stereocenters. The molecule has 2 aliphatic rings. The maximum atomic E-state index is 17.0. The van der Waals surface area contributed by atoms with Gasteiger partial charge in [0.2, 0.25) is 0 Å². The summed E-state index contributed by atoms with van der Waals surface area (Å²) in [6, 6.07) is 20.3. The number of fused-ring (bicyclic) bond motifs is 2. The molecule has 0 heterocycles. The Kier molecular flexibility index (Phi) is 13.9. The molecule has 24 heteroatoms. The predicted octanol–water partition coefficient (Wildman–Crippen LogP) is 13.9. The quantitative estimate of drug-likeness (QED) is 0.106. The summed E-state index contributed by atoms with van der Waals surface area (Å²) in [5, 5.41) is 83.6. The number of rotatable bonds is 8. The minimum absolute atomic E-state index is 0.514. The van der Waals surface area contributed by atoms with Crippen molar-refractivity contribution < 1.29 is 70.2 Å². The van der Waals surface area contributed by atoms with Crippen molar-refractivity contribution >= 4 is 22.3 Å². The van der Waals surface area contributed by atoms with Crippen molar-refractivity contribution in [1.82, 2.24) is 0 Å². The SMILES string of the molecule is N#CC1=C(c2ccccc2)C(C(c2c(F)c(F)c(C#N)c(F)c2F)c2c(F)c(F)c(C#N)c(F)c2F)c2c(C#N)c3c(c(C#N)c21)C(C#N)=C(c1ccccc1)C3C(c1c(F)c(F)c(C#N)c(F)c1F)c1c(F)c(F)c(C#N)c(F)c1F. The fraction of sp³-hybridized carbons (Fsp3) is 0.0690. The highest BCUT2D eigenvalue weighted by Gasteiger charge is 2.54. The van der Waals surface area contributed by atoms with Crippen LogP contribution in [0.15, 0.2) is 60.7 Å². The number of nitriles is 8. The van der Waals surface area contributed by atoms with E-state index in [0.717, 1.165) is 72.8 Å². The average molecular weight is 1130 g/mol.